The molecule has 2 N–H and O–H groups in total. The lowest BCUT2D eigenvalue weighted by Crippen LogP contribution is -2.42. The fourth-order valence-electron chi connectivity index (χ4n) is 5.48. The number of benzene rings is 2. The molecule has 0 unspecified atom stereocenters. The number of anilines is 3. The first-order valence-corrected chi connectivity index (χ1v) is 12.0. The molecule has 9 heteroatoms. The summed E-state index contributed by atoms with van der Waals surface area (Å²) in [5.41, 5.74) is 4.25. The van der Waals surface area contributed by atoms with E-state index in [2.05, 4.69) is 9.88 Å². The number of aryl methyl sites for hydroxylation is 1. The molecule has 35 heavy (non-hydrogen) atoms. The van der Waals surface area contributed by atoms with Crippen LogP contribution in [0, 0.1) is 11.7 Å². The molecule has 2 heterocycles. The second kappa shape index (κ2) is 9.20. The average Bonchev–Trinajstić information content (AvgIpc) is 3.23. The van der Waals surface area contributed by atoms with Gasteiger partial charge in [-0.1, -0.05) is 0 Å². The summed E-state index contributed by atoms with van der Waals surface area (Å²) in [6, 6.07) is 10.1. The second-order valence-corrected chi connectivity index (χ2v) is 9.44. The SMILES string of the molecule is COC(=O)N1c2ccc3c(nc(Nc4ccc(F)cc4)n3[C@H]3CC[C@H](C(=O)O)CC3)c2CC[C@@H]1C. The standard InChI is InChI=1S/C26H29FN4O4/c1-15-3-12-20-21(30(15)26(34)35-2)13-14-22-23(20)29-25(28-18-8-6-17(27)7-9-18)31(22)19-10-4-16(5-11-19)24(32)33/h6-9,13-16,19H,3-5,10-12H2,1-2H3,(H,28,29)(H,32,33)/t15-,16-,19-/m0/s1. The van der Waals surface area contributed by atoms with Crippen molar-refractivity contribution in [3.05, 3.63) is 47.8 Å². The third kappa shape index (κ3) is 4.19. The van der Waals surface area contributed by atoms with Crippen LogP contribution in [-0.4, -0.2) is 39.9 Å². The van der Waals surface area contributed by atoms with Gasteiger partial charge in [-0.2, -0.15) is 0 Å². The van der Waals surface area contributed by atoms with Crippen LogP contribution in [0.25, 0.3) is 11.0 Å². The fraction of sp³-hybridized carbons (Fsp3) is 0.423. The number of hydrogen-bond donors (Lipinski definition) is 2. The van der Waals surface area contributed by atoms with Gasteiger partial charge in [-0.25, -0.2) is 14.2 Å². The van der Waals surface area contributed by atoms with Crippen LogP contribution in [-0.2, 0) is 16.0 Å². The number of rotatable bonds is 4. The maximum absolute atomic E-state index is 13.5. The Morgan fingerprint density at radius 1 is 1.09 bits per heavy atom. The number of amides is 1. The number of halogens is 1. The van der Waals surface area contributed by atoms with Crippen LogP contribution in [0.1, 0.15) is 50.6 Å². The maximum Gasteiger partial charge on any atom is 0.414 e. The van der Waals surface area contributed by atoms with Crippen molar-refractivity contribution in [1.82, 2.24) is 9.55 Å². The molecular formula is C26H29FN4O4. The molecule has 0 spiro atoms. The number of imidazole rings is 1. The van der Waals surface area contributed by atoms with Gasteiger partial charge in [-0.3, -0.25) is 9.69 Å². The summed E-state index contributed by atoms with van der Waals surface area (Å²) < 4.78 is 20.7. The Hall–Kier alpha value is -3.62. The van der Waals surface area contributed by atoms with E-state index in [-0.39, 0.29) is 23.8 Å². The average molecular weight is 481 g/mol. The fourth-order valence-corrected chi connectivity index (χ4v) is 5.48. The molecule has 1 aromatic heterocycles. The van der Waals surface area contributed by atoms with Gasteiger partial charge in [0.2, 0.25) is 5.95 Å². The molecule has 0 radical (unpaired) electrons. The van der Waals surface area contributed by atoms with Crippen molar-refractivity contribution in [2.45, 2.75) is 57.5 Å². The molecule has 1 saturated carbocycles. The zero-order valence-electron chi connectivity index (χ0n) is 19.8. The molecule has 5 rings (SSSR count). The first kappa shape index (κ1) is 23.1. The Bertz CT molecular complexity index is 1260. The monoisotopic (exact) mass is 480 g/mol. The molecule has 1 amide bonds. The van der Waals surface area contributed by atoms with Gasteiger partial charge in [0.05, 0.1) is 29.7 Å². The Morgan fingerprint density at radius 2 is 1.80 bits per heavy atom. The van der Waals surface area contributed by atoms with Gasteiger partial charge in [-0.05, 0) is 81.8 Å². The van der Waals surface area contributed by atoms with Crippen molar-refractivity contribution in [1.29, 1.82) is 0 Å². The summed E-state index contributed by atoms with van der Waals surface area (Å²) in [7, 11) is 1.38. The maximum atomic E-state index is 13.5. The summed E-state index contributed by atoms with van der Waals surface area (Å²) in [6.45, 7) is 2.01. The number of methoxy groups -OCH3 is 1. The third-order valence-electron chi connectivity index (χ3n) is 7.34. The summed E-state index contributed by atoms with van der Waals surface area (Å²) in [4.78, 5) is 30.7. The highest BCUT2D eigenvalue weighted by atomic mass is 19.1. The highest BCUT2D eigenvalue weighted by Gasteiger charge is 2.33. The van der Waals surface area contributed by atoms with Crippen LogP contribution >= 0.6 is 0 Å². The number of aliphatic carboxylic acids is 1. The molecule has 184 valence electrons. The van der Waals surface area contributed by atoms with Crippen molar-refractivity contribution in [3.8, 4) is 0 Å². The lowest BCUT2D eigenvalue weighted by molar-refractivity contribution is -0.143. The Kier molecular flexibility index (Phi) is 6.08. The summed E-state index contributed by atoms with van der Waals surface area (Å²) in [5, 5.41) is 12.8. The summed E-state index contributed by atoms with van der Waals surface area (Å²) >= 11 is 0. The topological polar surface area (TPSA) is 96.7 Å². The van der Waals surface area contributed by atoms with Crippen molar-refractivity contribution < 1.29 is 23.8 Å². The Labute approximate surface area is 202 Å². The minimum atomic E-state index is -0.741. The van der Waals surface area contributed by atoms with E-state index in [0.717, 1.165) is 48.0 Å². The predicted octanol–water partition coefficient (Wildman–Crippen LogP) is 5.64. The van der Waals surface area contributed by atoms with E-state index >= 15 is 0 Å². The van der Waals surface area contributed by atoms with E-state index in [0.29, 0.717) is 24.5 Å². The minimum absolute atomic E-state index is 0.0117. The first-order valence-electron chi connectivity index (χ1n) is 12.0. The van der Waals surface area contributed by atoms with Gasteiger partial charge >= 0.3 is 12.1 Å². The molecule has 0 bridgehead atoms. The largest absolute Gasteiger partial charge is 0.481 e. The van der Waals surface area contributed by atoms with E-state index in [1.165, 1.54) is 19.2 Å². The minimum Gasteiger partial charge on any atom is -0.481 e. The van der Waals surface area contributed by atoms with E-state index in [1.54, 1.807) is 17.0 Å². The number of carboxylic acids is 1. The van der Waals surface area contributed by atoms with Gasteiger partial charge in [0, 0.05) is 23.3 Å². The van der Waals surface area contributed by atoms with Crippen molar-refractivity contribution in [3.63, 3.8) is 0 Å². The Balaban J connectivity index is 1.61. The lowest BCUT2D eigenvalue weighted by Gasteiger charge is -2.34. The number of carboxylic acid groups (broad SMARTS) is 1. The molecule has 8 nitrogen and oxygen atoms in total. The van der Waals surface area contributed by atoms with E-state index in [9.17, 15) is 19.1 Å². The number of fused-ring (bicyclic) bond motifs is 3. The van der Waals surface area contributed by atoms with Crippen molar-refractivity contribution in [2.24, 2.45) is 5.92 Å². The van der Waals surface area contributed by atoms with Gasteiger partial charge in [-0.15, -0.1) is 0 Å². The summed E-state index contributed by atoms with van der Waals surface area (Å²) in [6.07, 6.45) is 3.83. The van der Waals surface area contributed by atoms with Crippen LogP contribution in [0.3, 0.4) is 0 Å². The van der Waals surface area contributed by atoms with Crippen LogP contribution in [0.15, 0.2) is 36.4 Å². The van der Waals surface area contributed by atoms with E-state index in [4.69, 9.17) is 9.72 Å². The van der Waals surface area contributed by atoms with E-state index < -0.39 is 12.1 Å². The molecule has 1 atom stereocenters. The normalized spacial score (nSPS) is 22.0. The molecule has 2 aliphatic rings. The van der Waals surface area contributed by atoms with E-state index in [1.807, 2.05) is 19.1 Å². The van der Waals surface area contributed by atoms with Gasteiger partial charge in [0.1, 0.15) is 5.82 Å². The molecular weight excluding hydrogens is 451 g/mol. The van der Waals surface area contributed by atoms with Crippen LogP contribution < -0.4 is 10.2 Å². The number of hydrogen-bond acceptors (Lipinski definition) is 5. The van der Waals surface area contributed by atoms with Crippen LogP contribution in [0.5, 0.6) is 0 Å². The molecule has 0 saturated heterocycles. The number of carbonyl (C=O) groups is 2. The smallest absolute Gasteiger partial charge is 0.414 e. The van der Waals surface area contributed by atoms with Crippen molar-refractivity contribution in [2.75, 3.05) is 17.3 Å². The number of nitrogens with zero attached hydrogens (tertiary/aromatic N) is 3. The number of nitrogens with one attached hydrogen (secondary N) is 1. The van der Waals surface area contributed by atoms with Gasteiger partial charge in [0.25, 0.3) is 0 Å². The highest BCUT2D eigenvalue weighted by molar-refractivity contribution is 5.96. The quantitative estimate of drug-likeness (QED) is 0.501. The number of carbonyl (C=O) groups excluding carboxylic acids is 1. The second-order valence-electron chi connectivity index (χ2n) is 9.44. The van der Waals surface area contributed by atoms with Crippen molar-refractivity contribution >= 4 is 40.4 Å². The first-order chi connectivity index (χ1) is 16.9. The molecule has 2 aromatic carbocycles. The lowest BCUT2D eigenvalue weighted by atomic mass is 9.86. The summed E-state index contributed by atoms with van der Waals surface area (Å²) in [5.74, 6) is -0.753. The molecule has 1 fully saturated rings. The zero-order valence-corrected chi connectivity index (χ0v) is 19.8. The van der Waals surface area contributed by atoms with Crippen LogP contribution in [0.2, 0.25) is 0 Å². The Morgan fingerprint density at radius 3 is 2.46 bits per heavy atom. The van der Waals surface area contributed by atoms with Crippen LogP contribution in [0.4, 0.5) is 26.5 Å². The van der Waals surface area contributed by atoms with Gasteiger partial charge in [0.15, 0.2) is 0 Å². The molecule has 1 aliphatic carbocycles. The molecule has 1 aliphatic heterocycles. The molecule has 3 aromatic rings. The highest BCUT2D eigenvalue weighted by Crippen LogP contribution is 2.41. The third-order valence-corrected chi connectivity index (χ3v) is 7.34. The predicted molar refractivity (Wildman–Crippen MR) is 131 cm³/mol. The number of ether oxygens (including phenoxy) is 1. The zero-order chi connectivity index (χ0) is 24.7. The number of aromatic nitrogens is 2. The van der Waals surface area contributed by atoms with Gasteiger partial charge < -0.3 is 19.7 Å².